The summed E-state index contributed by atoms with van der Waals surface area (Å²) in [7, 11) is 5.35. The molecule has 3 aromatic carbocycles. The number of methoxy groups -OCH3 is 1. The third-order valence-corrected chi connectivity index (χ3v) is 6.77. The number of hydrogen-bond acceptors (Lipinski definition) is 7. The van der Waals surface area contributed by atoms with Crippen LogP contribution in [0.15, 0.2) is 72.8 Å². The van der Waals surface area contributed by atoms with Crippen LogP contribution in [0.4, 0.5) is 0 Å². The summed E-state index contributed by atoms with van der Waals surface area (Å²) < 4.78 is 10.9. The van der Waals surface area contributed by atoms with Crippen molar-refractivity contribution in [1.82, 2.24) is 15.2 Å². The summed E-state index contributed by atoms with van der Waals surface area (Å²) in [4.78, 5) is 33.2. The van der Waals surface area contributed by atoms with Crippen LogP contribution in [0.5, 0.6) is 5.75 Å². The number of rotatable bonds is 12. The van der Waals surface area contributed by atoms with Crippen molar-refractivity contribution in [3.05, 3.63) is 106 Å². The fraction of sp³-hybridized carbons (Fsp3) is 0.242. The highest BCUT2D eigenvalue weighted by molar-refractivity contribution is 6.30. The Labute approximate surface area is 250 Å². The first kappa shape index (κ1) is 30.7. The number of benzene rings is 3. The molecule has 0 bridgehead atoms. The standard InChI is InChI=1S/C33H34ClN3O5/c1-37(2)16-17-42-33(40)29-20-31(32(39)35-26(21-41-3)18-23-8-13-27(38)14-9-23)36-30-15-10-24(19-28(29)30)5-4-22-6-11-25(34)12-7-22/h4-15,19-20,26,38H,16-18,21H2,1-3H3,(H,35,39)/t26-/m0/s1. The van der Waals surface area contributed by atoms with Gasteiger partial charge in [-0.3, -0.25) is 4.79 Å². The van der Waals surface area contributed by atoms with E-state index in [2.05, 4.69) is 10.3 Å². The first-order chi connectivity index (χ1) is 20.2. The lowest BCUT2D eigenvalue weighted by Crippen LogP contribution is -2.40. The lowest BCUT2D eigenvalue weighted by atomic mass is 10.0. The van der Waals surface area contributed by atoms with Crippen molar-refractivity contribution in [2.45, 2.75) is 12.5 Å². The van der Waals surface area contributed by atoms with Gasteiger partial charge in [-0.1, -0.05) is 54.1 Å². The van der Waals surface area contributed by atoms with Crippen LogP contribution in [0.2, 0.25) is 5.02 Å². The summed E-state index contributed by atoms with van der Waals surface area (Å²) in [5.74, 6) is -0.804. The molecule has 42 heavy (non-hydrogen) atoms. The average molecular weight is 588 g/mol. The third-order valence-electron chi connectivity index (χ3n) is 6.52. The monoisotopic (exact) mass is 587 g/mol. The third kappa shape index (κ3) is 8.63. The molecule has 0 fully saturated rings. The van der Waals surface area contributed by atoms with Gasteiger partial charge in [-0.15, -0.1) is 0 Å². The summed E-state index contributed by atoms with van der Waals surface area (Å²) in [6.45, 7) is 1.03. The summed E-state index contributed by atoms with van der Waals surface area (Å²) in [5.41, 5.74) is 3.60. The summed E-state index contributed by atoms with van der Waals surface area (Å²) >= 11 is 5.99. The minimum atomic E-state index is -0.533. The zero-order chi connectivity index (χ0) is 30.1. The summed E-state index contributed by atoms with van der Waals surface area (Å²) in [5, 5.41) is 13.8. The highest BCUT2D eigenvalue weighted by atomic mass is 35.5. The van der Waals surface area contributed by atoms with Gasteiger partial charge < -0.3 is 24.8 Å². The Kier molecular flexibility index (Phi) is 10.7. The zero-order valence-corrected chi connectivity index (χ0v) is 24.6. The van der Waals surface area contributed by atoms with Crippen LogP contribution in [0.3, 0.4) is 0 Å². The van der Waals surface area contributed by atoms with Gasteiger partial charge in [0.05, 0.1) is 23.7 Å². The Morgan fingerprint density at radius 1 is 1.00 bits per heavy atom. The second kappa shape index (κ2) is 14.6. The van der Waals surface area contributed by atoms with Crippen LogP contribution in [0.25, 0.3) is 23.1 Å². The molecule has 0 saturated heterocycles. The minimum Gasteiger partial charge on any atom is -0.508 e. The zero-order valence-electron chi connectivity index (χ0n) is 23.8. The fourth-order valence-electron chi connectivity index (χ4n) is 4.33. The molecule has 0 spiro atoms. The topological polar surface area (TPSA) is 101 Å². The number of aromatic hydroxyl groups is 1. The van der Waals surface area contributed by atoms with E-state index in [1.54, 1.807) is 37.4 Å². The first-order valence-corrected chi connectivity index (χ1v) is 13.9. The van der Waals surface area contributed by atoms with Gasteiger partial charge in [-0.2, -0.15) is 0 Å². The molecule has 2 N–H and O–H groups in total. The Hall–Kier alpha value is -4.24. The number of nitrogens with zero attached hydrogens (tertiary/aromatic N) is 2. The Balaban J connectivity index is 1.64. The van der Waals surface area contributed by atoms with Gasteiger partial charge in [-0.25, -0.2) is 9.78 Å². The number of halogens is 1. The molecule has 4 aromatic rings. The lowest BCUT2D eigenvalue weighted by Gasteiger charge is -2.18. The Morgan fingerprint density at radius 3 is 2.38 bits per heavy atom. The number of aromatic nitrogens is 1. The molecule has 0 aliphatic carbocycles. The van der Waals surface area contributed by atoms with Crippen molar-refractivity contribution < 1.29 is 24.2 Å². The maximum Gasteiger partial charge on any atom is 0.338 e. The minimum absolute atomic E-state index is 0.0957. The van der Waals surface area contributed by atoms with E-state index in [0.717, 1.165) is 16.7 Å². The number of amides is 1. The molecular formula is C33H34ClN3O5. The molecule has 1 atom stereocenters. The molecule has 0 aliphatic rings. The van der Waals surface area contributed by atoms with Crippen LogP contribution in [0, 0.1) is 0 Å². The number of fused-ring (bicyclic) bond motifs is 1. The molecular weight excluding hydrogens is 554 g/mol. The number of nitrogens with one attached hydrogen (secondary N) is 1. The van der Waals surface area contributed by atoms with E-state index in [1.807, 2.05) is 67.5 Å². The summed E-state index contributed by atoms with van der Waals surface area (Å²) in [6.07, 6.45) is 4.37. The number of phenolic OH excluding ortho intramolecular Hbond substituents is 1. The molecule has 218 valence electrons. The van der Waals surface area contributed by atoms with Crippen molar-refractivity contribution >= 4 is 46.5 Å². The Bertz CT molecular complexity index is 1550. The molecule has 0 unspecified atom stereocenters. The highest BCUT2D eigenvalue weighted by Gasteiger charge is 2.21. The van der Waals surface area contributed by atoms with E-state index in [4.69, 9.17) is 21.1 Å². The van der Waals surface area contributed by atoms with Gasteiger partial charge in [0.1, 0.15) is 18.1 Å². The second-order valence-corrected chi connectivity index (χ2v) is 10.6. The quantitative estimate of drug-likeness (QED) is 0.167. The van der Waals surface area contributed by atoms with Gasteiger partial charge in [-0.05, 0) is 79.7 Å². The van der Waals surface area contributed by atoms with E-state index in [-0.39, 0.29) is 36.3 Å². The van der Waals surface area contributed by atoms with Gasteiger partial charge >= 0.3 is 5.97 Å². The molecule has 8 nitrogen and oxygen atoms in total. The number of carbonyl (C=O) groups is 2. The smallest absolute Gasteiger partial charge is 0.338 e. The van der Waals surface area contributed by atoms with E-state index in [9.17, 15) is 14.7 Å². The van der Waals surface area contributed by atoms with Gasteiger partial charge in [0.15, 0.2) is 0 Å². The van der Waals surface area contributed by atoms with E-state index in [0.29, 0.717) is 28.9 Å². The van der Waals surface area contributed by atoms with Crippen LogP contribution >= 0.6 is 11.6 Å². The van der Waals surface area contributed by atoms with Crippen LogP contribution < -0.4 is 5.32 Å². The van der Waals surface area contributed by atoms with Gasteiger partial charge in [0.25, 0.3) is 5.91 Å². The molecule has 4 rings (SSSR count). The van der Waals surface area contributed by atoms with Crippen LogP contribution in [-0.2, 0) is 15.9 Å². The molecule has 1 heterocycles. The van der Waals surface area contributed by atoms with Crippen molar-refractivity contribution in [2.24, 2.45) is 0 Å². The van der Waals surface area contributed by atoms with Crippen molar-refractivity contribution in [2.75, 3.05) is 41.0 Å². The number of carbonyl (C=O) groups excluding carboxylic acids is 2. The van der Waals surface area contributed by atoms with E-state index in [1.165, 1.54) is 6.07 Å². The molecule has 1 amide bonds. The van der Waals surface area contributed by atoms with Crippen molar-refractivity contribution in [3.8, 4) is 5.75 Å². The SMILES string of the molecule is COC[C@H](Cc1ccc(O)cc1)NC(=O)c1cc(C(=O)OCCN(C)C)c2cc(C=Cc3ccc(Cl)cc3)ccc2n1. The molecule has 0 radical (unpaired) electrons. The number of ether oxygens (including phenoxy) is 2. The van der Waals surface area contributed by atoms with Crippen LogP contribution in [-0.4, -0.2) is 73.9 Å². The maximum absolute atomic E-state index is 13.4. The largest absolute Gasteiger partial charge is 0.508 e. The number of hydrogen-bond donors (Lipinski definition) is 2. The van der Waals surface area contributed by atoms with E-state index >= 15 is 0 Å². The lowest BCUT2D eigenvalue weighted by molar-refractivity contribution is 0.0484. The number of pyridine rings is 1. The maximum atomic E-state index is 13.4. The van der Waals surface area contributed by atoms with Crippen molar-refractivity contribution in [3.63, 3.8) is 0 Å². The van der Waals surface area contributed by atoms with Gasteiger partial charge in [0.2, 0.25) is 0 Å². The normalized spacial score (nSPS) is 12.1. The number of esters is 1. The highest BCUT2D eigenvalue weighted by Crippen LogP contribution is 2.23. The predicted molar refractivity (Wildman–Crippen MR) is 166 cm³/mol. The molecule has 0 aliphatic heterocycles. The second-order valence-electron chi connectivity index (χ2n) is 10.2. The van der Waals surface area contributed by atoms with Gasteiger partial charge in [0, 0.05) is 24.1 Å². The number of likely N-dealkylation sites (N-methyl/N-ethyl adjacent to an activating group) is 1. The molecule has 1 aromatic heterocycles. The average Bonchev–Trinajstić information content (AvgIpc) is 2.97. The predicted octanol–water partition coefficient (Wildman–Crippen LogP) is 5.47. The summed E-state index contributed by atoms with van der Waals surface area (Å²) in [6, 6.07) is 20.9. The molecule has 0 saturated carbocycles. The van der Waals surface area contributed by atoms with E-state index < -0.39 is 11.9 Å². The first-order valence-electron chi connectivity index (χ1n) is 13.5. The molecule has 9 heteroatoms. The van der Waals surface area contributed by atoms with Crippen molar-refractivity contribution in [1.29, 1.82) is 0 Å². The van der Waals surface area contributed by atoms with Crippen LogP contribution in [0.1, 0.15) is 37.5 Å². The number of phenols is 1. The fourth-order valence-corrected chi connectivity index (χ4v) is 4.45. The Morgan fingerprint density at radius 2 is 1.69 bits per heavy atom.